The highest BCUT2D eigenvalue weighted by molar-refractivity contribution is 6.10. The first-order valence-electron chi connectivity index (χ1n) is 20.6. The van der Waals surface area contributed by atoms with Crippen molar-refractivity contribution in [3.63, 3.8) is 0 Å². The van der Waals surface area contributed by atoms with Crippen molar-refractivity contribution in [2.45, 2.75) is 0 Å². The molecule has 0 radical (unpaired) electrons. The van der Waals surface area contributed by atoms with Crippen molar-refractivity contribution in [2.24, 2.45) is 0 Å². The van der Waals surface area contributed by atoms with Crippen LogP contribution in [0.2, 0.25) is 0 Å². The third-order valence-electron chi connectivity index (χ3n) is 11.8. The average molecular weight is 765 g/mol. The lowest BCUT2D eigenvalue weighted by atomic mass is 9.92. The topological polar surface area (TPSA) is 8.17 Å². The normalized spacial score (nSPS) is 11.3. The third kappa shape index (κ3) is 6.23. The number of nitrogens with zero attached hydrogens (tertiary/aromatic N) is 2. The van der Waals surface area contributed by atoms with Crippen molar-refractivity contribution in [2.75, 3.05) is 4.90 Å². The van der Waals surface area contributed by atoms with Gasteiger partial charge in [-0.15, -0.1) is 0 Å². The van der Waals surface area contributed by atoms with Crippen LogP contribution in [0, 0.1) is 0 Å². The molecule has 0 aliphatic rings. The Kier molecular flexibility index (Phi) is 8.87. The number of hydrogen-bond acceptors (Lipinski definition) is 1. The van der Waals surface area contributed by atoms with Gasteiger partial charge in [0.05, 0.1) is 16.7 Å². The van der Waals surface area contributed by atoms with Gasteiger partial charge in [-0.2, -0.15) is 0 Å². The van der Waals surface area contributed by atoms with Gasteiger partial charge in [-0.05, 0) is 104 Å². The van der Waals surface area contributed by atoms with Crippen LogP contribution in [0.1, 0.15) is 0 Å². The van der Waals surface area contributed by atoms with Crippen LogP contribution >= 0.6 is 0 Å². The first kappa shape index (κ1) is 35.2. The van der Waals surface area contributed by atoms with Gasteiger partial charge in [0, 0.05) is 33.4 Å². The van der Waals surface area contributed by atoms with Gasteiger partial charge in [0.1, 0.15) is 0 Å². The Morgan fingerprint density at radius 3 is 1.50 bits per heavy atom. The van der Waals surface area contributed by atoms with Crippen molar-refractivity contribution in [1.82, 2.24) is 4.57 Å². The molecule has 10 aromatic carbocycles. The second kappa shape index (κ2) is 15.1. The minimum Gasteiger partial charge on any atom is -0.310 e. The van der Waals surface area contributed by atoms with Gasteiger partial charge in [0.25, 0.3) is 0 Å². The maximum Gasteiger partial charge on any atom is 0.0546 e. The number of anilines is 3. The molecule has 0 amide bonds. The fourth-order valence-electron chi connectivity index (χ4n) is 9.03. The van der Waals surface area contributed by atoms with Crippen LogP contribution in [0.15, 0.2) is 243 Å². The van der Waals surface area contributed by atoms with Gasteiger partial charge < -0.3 is 9.47 Å². The summed E-state index contributed by atoms with van der Waals surface area (Å²) in [6.45, 7) is 0. The largest absolute Gasteiger partial charge is 0.310 e. The van der Waals surface area contributed by atoms with Gasteiger partial charge in [0.2, 0.25) is 0 Å². The van der Waals surface area contributed by atoms with Crippen molar-refractivity contribution >= 4 is 49.6 Å². The van der Waals surface area contributed by atoms with E-state index in [9.17, 15) is 0 Å². The second-order valence-corrected chi connectivity index (χ2v) is 15.3. The first-order valence-corrected chi connectivity index (χ1v) is 20.6. The molecule has 0 aliphatic carbocycles. The molecule has 282 valence electrons. The zero-order valence-electron chi connectivity index (χ0n) is 33.0. The molecule has 0 bridgehead atoms. The van der Waals surface area contributed by atoms with Crippen LogP contribution in [0.25, 0.3) is 82.8 Å². The monoisotopic (exact) mass is 764 g/mol. The standard InChI is InChI=1S/C58H40N2/c1-4-18-41(19-5-1)45-25-16-26-48(38-45)59(49-39-46-24-10-11-27-50(46)54(40-49)42-20-6-2-7-21-42)47-36-34-43(35-37-47)51-30-17-33-57(58(51)44-22-8-3-9-23-44)60-55-31-14-12-28-52(55)53-29-13-15-32-56(53)60/h1-40H. The zero-order valence-corrected chi connectivity index (χ0v) is 33.0. The second-order valence-electron chi connectivity index (χ2n) is 15.3. The third-order valence-corrected chi connectivity index (χ3v) is 11.8. The molecule has 0 fully saturated rings. The molecule has 0 N–H and O–H groups in total. The van der Waals surface area contributed by atoms with E-state index >= 15 is 0 Å². The summed E-state index contributed by atoms with van der Waals surface area (Å²) in [7, 11) is 0. The molecule has 0 aliphatic heterocycles. The molecule has 2 heteroatoms. The van der Waals surface area contributed by atoms with Crippen LogP contribution in [-0.4, -0.2) is 4.57 Å². The predicted octanol–water partition coefficient (Wildman–Crippen LogP) is 16.1. The fraction of sp³-hybridized carbons (Fsp3) is 0. The Morgan fingerprint density at radius 1 is 0.283 bits per heavy atom. The molecule has 60 heavy (non-hydrogen) atoms. The van der Waals surface area contributed by atoms with Crippen LogP contribution in [0.5, 0.6) is 0 Å². The average Bonchev–Trinajstić information content (AvgIpc) is 3.66. The molecule has 0 saturated heterocycles. The van der Waals surface area contributed by atoms with E-state index in [4.69, 9.17) is 0 Å². The minimum atomic E-state index is 1.08. The van der Waals surface area contributed by atoms with E-state index in [-0.39, 0.29) is 0 Å². The number of para-hydroxylation sites is 2. The van der Waals surface area contributed by atoms with Crippen LogP contribution in [0.3, 0.4) is 0 Å². The summed E-state index contributed by atoms with van der Waals surface area (Å²) < 4.78 is 2.44. The molecule has 1 heterocycles. The van der Waals surface area contributed by atoms with Crippen LogP contribution in [-0.2, 0) is 0 Å². The van der Waals surface area contributed by atoms with Crippen LogP contribution in [0.4, 0.5) is 17.1 Å². The molecular weight excluding hydrogens is 725 g/mol. The predicted molar refractivity (Wildman–Crippen MR) is 255 cm³/mol. The maximum absolute atomic E-state index is 2.44. The van der Waals surface area contributed by atoms with Gasteiger partial charge >= 0.3 is 0 Å². The number of hydrogen-bond donors (Lipinski definition) is 0. The maximum atomic E-state index is 2.44. The van der Waals surface area contributed by atoms with E-state index in [0.29, 0.717) is 0 Å². The highest BCUT2D eigenvalue weighted by Gasteiger charge is 2.21. The highest BCUT2D eigenvalue weighted by atomic mass is 15.1. The molecule has 11 rings (SSSR count). The van der Waals surface area contributed by atoms with Crippen molar-refractivity contribution in [3.8, 4) is 50.2 Å². The summed E-state index contributed by atoms with van der Waals surface area (Å²) in [6.07, 6.45) is 0. The van der Waals surface area contributed by atoms with E-state index in [0.717, 1.165) is 28.3 Å². The lowest BCUT2D eigenvalue weighted by Crippen LogP contribution is -2.10. The molecule has 2 nitrogen and oxygen atoms in total. The summed E-state index contributed by atoms with van der Waals surface area (Å²) in [5, 5.41) is 4.94. The molecule has 11 aromatic rings. The van der Waals surface area contributed by atoms with Crippen molar-refractivity contribution in [3.05, 3.63) is 243 Å². The van der Waals surface area contributed by atoms with Crippen LogP contribution < -0.4 is 4.90 Å². The van der Waals surface area contributed by atoms with Gasteiger partial charge in [-0.3, -0.25) is 0 Å². The molecule has 0 spiro atoms. The van der Waals surface area contributed by atoms with Gasteiger partial charge in [-0.25, -0.2) is 0 Å². The van der Waals surface area contributed by atoms with Crippen molar-refractivity contribution < 1.29 is 0 Å². The SMILES string of the molecule is c1ccc(-c2cccc(N(c3ccc(-c4cccc(-n5c6ccccc6c6ccccc65)c4-c4ccccc4)cc3)c3cc(-c4ccccc4)c4ccccc4c3)c2)cc1. The minimum absolute atomic E-state index is 1.08. The highest BCUT2D eigenvalue weighted by Crippen LogP contribution is 2.44. The number of rotatable bonds is 8. The summed E-state index contributed by atoms with van der Waals surface area (Å²) in [5.74, 6) is 0. The molecule has 0 saturated carbocycles. The smallest absolute Gasteiger partial charge is 0.0546 e. The van der Waals surface area contributed by atoms with Gasteiger partial charge in [-0.1, -0.05) is 188 Å². The molecule has 0 atom stereocenters. The zero-order chi connectivity index (χ0) is 39.8. The van der Waals surface area contributed by atoms with Gasteiger partial charge in [0.15, 0.2) is 0 Å². The molecular formula is C58H40N2. The van der Waals surface area contributed by atoms with E-state index < -0.39 is 0 Å². The van der Waals surface area contributed by atoms with E-state index in [1.807, 2.05) is 0 Å². The summed E-state index contributed by atoms with van der Waals surface area (Å²) in [4.78, 5) is 2.40. The quantitative estimate of drug-likeness (QED) is 0.150. The summed E-state index contributed by atoms with van der Waals surface area (Å²) in [6, 6.07) is 87.9. The van der Waals surface area contributed by atoms with E-state index in [1.54, 1.807) is 0 Å². The number of fused-ring (bicyclic) bond motifs is 4. The Hall–Kier alpha value is -7.94. The Balaban J connectivity index is 1.10. The fourth-order valence-corrected chi connectivity index (χ4v) is 9.03. The van der Waals surface area contributed by atoms with E-state index in [1.165, 1.54) is 71.5 Å². The van der Waals surface area contributed by atoms with E-state index in [2.05, 4.69) is 252 Å². The van der Waals surface area contributed by atoms with Crippen molar-refractivity contribution in [1.29, 1.82) is 0 Å². The Bertz CT molecular complexity index is 3240. The molecule has 0 unspecified atom stereocenters. The Labute approximate surface area is 350 Å². The number of benzene rings is 10. The Morgan fingerprint density at radius 2 is 0.817 bits per heavy atom. The number of aromatic nitrogens is 1. The summed E-state index contributed by atoms with van der Waals surface area (Å²) >= 11 is 0. The lowest BCUT2D eigenvalue weighted by Gasteiger charge is -2.27. The first-order chi connectivity index (χ1) is 29.8. The lowest BCUT2D eigenvalue weighted by molar-refractivity contribution is 1.18. The molecule has 1 aromatic heterocycles. The summed E-state index contributed by atoms with van der Waals surface area (Å²) in [5.41, 5.74) is 16.3.